The van der Waals surface area contributed by atoms with Gasteiger partial charge in [-0.05, 0) is 48.5 Å². The van der Waals surface area contributed by atoms with E-state index >= 15 is 0 Å². The zero-order valence-corrected chi connectivity index (χ0v) is 31.3. The van der Waals surface area contributed by atoms with Crippen molar-refractivity contribution in [3.8, 4) is 46.0 Å². The SMILES string of the molecule is O=S(=O)([O-])c1cc(O)ccc1O.O=S(=O)([O-])c1cc(O)ccc1O.O=S(=O)([O-])c1cc(O)ccc1O.O=S(=O)([O-])c1cc(O)ccc1O.[Ca+2].[Mg+2]. The molecule has 0 saturated heterocycles. The largest absolute Gasteiger partial charge is 2.00 e. The molecule has 0 bridgehead atoms. The summed E-state index contributed by atoms with van der Waals surface area (Å²) in [6, 6.07) is 10.8. The van der Waals surface area contributed by atoms with E-state index in [0.717, 1.165) is 48.5 Å². The van der Waals surface area contributed by atoms with Crippen molar-refractivity contribution < 1.29 is 92.7 Å². The maximum atomic E-state index is 10.4. The van der Waals surface area contributed by atoms with E-state index in [-0.39, 0.29) is 83.8 Å². The van der Waals surface area contributed by atoms with Gasteiger partial charge >= 0.3 is 60.8 Å². The smallest absolute Gasteiger partial charge is 0.744 e. The second kappa shape index (κ2) is 19.5. The molecule has 0 unspecified atom stereocenters. The maximum Gasteiger partial charge on any atom is 2.00 e. The Bertz CT molecular complexity index is 1910. The van der Waals surface area contributed by atoms with Crippen LogP contribution in [0, 0.1) is 0 Å². The zero-order chi connectivity index (χ0) is 37.4. The van der Waals surface area contributed by atoms with Gasteiger partial charge in [0.15, 0.2) is 0 Å². The third kappa shape index (κ3) is 16.3. The second-order valence-corrected chi connectivity index (χ2v) is 13.8. The molecule has 50 heavy (non-hydrogen) atoms. The van der Waals surface area contributed by atoms with Crippen molar-refractivity contribution in [1.82, 2.24) is 0 Å². The number of rotatable bonds is 4. The fourth-order valence-corrected chi connectivity index (χ4v) is 5.17. The summed E-state index contributed by atoms with van der Waals surface area (Å²) in [5.74, 6) is -4.20. The van der Waals surface area contributed by atoms with Crippen LogP contribution in [0.15, 0.2) is 92.4 Å². The summed E-state index contributed by atoms with van der Waals surface area (Å²) < 4.78 is 125. The molecule has 0 saturated carbocycles. The Balaban J connectivity index is 0. The Morgan fingerprint density at radius 2 is 0.480 bits per heavy atom. The Kier molecular flexibility index (Phi) is 19.2. The van der Waals surface area contributed by atoms with Crippen LogP contribution in [0.3, 0.4) is 0 Å². The van der Waals surface area contributed by atoms with Gasteiger partial charge in [0.05, 0.1) is 19.6 Å². The van der Waals surface area contributed by atoms with Crippen LogP contribution in [0.1, 0.15) is 0 Å². The van der Waals surface area contributed by atoms with E-state index in [9.17, 15) is 51.9 Å². The molecule has 0 fully saturated rings. The summed E-state index contributed by atoms with van der Waals surface area (Å²) in [4.78, 5) is -3.27. The first-order valence-corrected chi connectivity index (χ1v) is 17.2. The molecule has 0 aliphatic carbocycles. The Hall–Kier alpha value is -3.05. The van der Waals surface area contributed by atoms with Crippen molar-refractivity contribution in [3.05, 3.63) is 72.8 Å². The standard InChI is InChI=1S/4C6H6O5S.Ca.Mg/c4*7-4-1-2-5(8)6(3-4)12(9,10)11;;/h4*1-3,7-8H,(H,9,10,11);;/q;;;;2*+2/p-4. The fraction of sp³-hybridized carbons (Fsp3) is 0. The van der Waals surface area contributed by atoms with Gasteiger partial charge in [-0.3, -0.25) is 0 Å². The molecule has 0 aliphatic rings. The molecule has 264 valence electrons. The van der Waals surface area contributed by atoms with Gasteiger partial charge in [-0.15, -0.1) is 0 Å². The van der Waals surface area contributed by atoms with Crippen LogP contribution in [0.2, 0.25) is 0 Å². The predicted molar refractivity (Wildman–Crippen MR) is 162 cm³/mol. The molecule has 0 aliphatic heterocycles. The normalized spacial score (nSPS) is 11.0. The zero-order valence-electron chi connectivity index (χ0n) is 24.5. The molecular formula is C24H20CaMgO20S4. The van der Waals surface area contributed by atoms with Crippen LogP contribution >= 0.6 is 0 Å². The Morgan fingerprint density at radius 3 is 0.580 bits per heavy atom. The summed E-state index contributed by atoms with van der Waals surface area (Å²) in [6.45, 7) is 0. The van der Waals surface area contributed by atoms with Gasteiger partial charge in [-0.2, -0.15) is 0 Å². The molecule has 8 N–H and O–H groups in total. The summed E-state index contributed by atoms with van der Waals surface area (Å²) in [5.41, 5.74) is 0. The first-order chi connectivity index (χ1) is 21.6. The first-order valence-electron chi connectivity index (χ1n) is 11.6. The van der Waals surface area contributed by atoms with Crippen LogP contribution in [-0.4, -0.2) is 154 Å². The number of aromatic hydroxyl groups is 8. The van der Waals surface area contributed by atoms with Crippen LogP contribution in [0.4, 0.5) is 0 Å². The number of benzene rings is 4. The average molecular weight is 821 g/mol. The van der Waals surface area contributed by atoms with Crippen molar-refractivity contribution in [2.45, 2.75) is 19.6 Å². The minimum Gasteiger partial charge on any atom is -0.744 e. The number of hydrogen-bond donors (Lipinski definition) is 8. The van der Waals surface area contributed by atoms with Crippen LogP contribution < -0.4 is 0 Å². The molecule has 0 atom stereocenters. The fourth-order valence-electron chi connectivity index (χ4n) is 2.81. The van der Waals surface area contributed by atoms with Gasteiger partial charge in [-0.25, -0.2) is 33.7 Å². The van der Waals surface area contributed by atoms with E-state index in [0.29, 0.717) is 24.3 Å². The molecule has 0 amide bonds. The number of phenols is 8. The molecule has 0 radical (unpaired) electrons. The molecule has 4 aromatic rings. The third-order valence-corrected chi connectivity index (χ3v) is 8.31. The molecular weight excluding hydrogens is 801 g/mol. The van der Waals surface area contributed by atoms with Crippen LogP contribution in [0.5, 0.6) is 46.0 Å². The van der Waals surface area contributed by atoms with E-state index < -0.39 is 83.1 Å². The second-order valence-electron chi connectivity index (χ2n) is 8.42. The molecule has 20 nitrogen and oxygen atoms in total. The van der Waals surface area contributed by atoms with Gasteiger partial charge in [0.25, 0.3) is 0 Å². The van der Waals surface area contributed by atoms with Gasteiger partial charge in [0, 0.05) is 24.3 Å². The van der Waals surface area contributed by atoms with Gasteiger partial charge in [0.2, 0.25) is 0 Å². The predicted octanol–water partition coefficient (Wildman–Crippen LogP) is -0.754. The van der Waals surface area contributed by atoms with Crippen molar-refractivity contribution in [1.29, 1.82) is 0 Å². The Labute approximate surface area is 329 Å². The molecule has 0 aromatic heterocycles. The van der Waals surface area contributed by atoms with Crippen molar-refractivity contribution in [3.63, 3.8) is 0 Å². The van der Waals surface area contributed by atoms with E-state index in [1.165, 1.54) is 0 Å². The minimum atomic E-state index is -4.72. The van der Waals surface area contributed by atoms with Gasteiger partial charge in [-0.1, -0.05) is 0 Å². The maximum absolute atomic E-state index is 10.4. The van der Waals surface area contributed by atoms with Crippen LogP contribution in [-0.2, 0) is 40.5 Å². The molecule has 26 heteroatoms. The van der Waals surface area contributed by atoms with Gasteiger partial charge < -0.3 is 59.1 Å². The van der Waals surface area contributed by atoms with Crippen molar-refractivity contribution in [2.75, 3.05) is 0 Å². The summed E-state index contributed by atoms with van der Waals surface area (Å²) in [6.07, 6.45) is 0. The first kappa shape index (κ1) is 49.1. The monoisotopic (exact) mass is 820 g/mol. The van der Waals surface area contributed by atoms with Gasteiger partial charge in [0.1, 0.15) is 86.5 Å². The van der Waals surface area contributed by atoms with E-state index in [4.69, 9.17) is 40.9 Å². The van der Waals surface area contributed by atoms with E-state index in [1.807, 2.05) is 0 Å². The molecule has 4 rings (SSSR count). The van der Waals surface area contributed by atoms with Crippen LogP contribution in [0.25, 0.3) is 0 Å². The average Bonchev–Trinajstić information content (AvgIpc) is 2.93. The number of hydrogen-bond acceptors (Lipinski definition) is 20. The summed E-state index contributed by atoms with van der Waals surface area (Å²) in [5, 5.41) is 70.7. The summed E-state index contributed by atoms with van der Waals surface area (Å²) >= 11 is 0. The molecule has 0 spiro atoms. The summed E-state index contributed by atoms with van der Waals surface area (Å²) in [7, 11) is -18.9. The quantitative estimate of drug-likeness (QED) is 0.0713. The molecule has 4 aromatic carbocycles. The third-order valence-electron chi connectivity index (χ3n) is 4.85. The number of phenolic OH excluding ortho intramolecular Hbond substituents is 8. The Morgan fingerprint density at radius 1 is 0.340 bits per heavy atom. The van der Waals surface area contributed by atoms with Crippen molar-refractivity contribution >= 4 is 101 Å². The van der Waals surface area contributed by atoms with Crippen molar-refractivity contribution in [2.24, 2.45) is 0 Å². The topological polar surface area (TPSA) is 391 Å². The molecule has 0 heterocycles. The minimum absolute atomic E-state index is 0. The van der Waals surface area contributed by atoms with E-state index in [2.05, 4.69) is 0 Å². The van der Waals surface area contributed by atoms with E-state index in [1.54, 1.807) is 0 Å².